The van der Waals surface area contributed by atoms with Crippen molar-refractivity contribution in [1.82, 2.24) is 0 Å². The first kappa shape index (κ1) is 42.9. The van der Waals surface area contributed by atoms with Gasteiger partial charge >= 0.3 is 69.4 Å². The second-order valence-corrected chi connectivity index (χ2v) is 3.66. The van der Waals surface area contributed by atoms with E-state index >= 15 is 0 Å². The van der Waals surface area contributed by atoms with Crippen molar-refractivity contribution in [1.29, 1.82) is 0 Å². The van der Waals surface area contributed by atoms with Crippen LogP contribution in [0.3, 0.4) is 0 Å². The van der Waals surface area contributed by atoms with E-state index < -0.39 is 0 Å². The third-order valence-corrected chi connectivity index (χ3v) is 1.72. The molecule has 3 nitrogen and oxygen atoms in total. The van der Waals surface area contributed by atoms with E-state index in [4.69, 9.17) is 0 Å². The molecule has 0 aromatic heterocycles. The van der Waals surface area contributed by atoms with Crippen LogP contribution in [0.15, 0.2) is 0 Å². The first-order chi connectivity index (χ1) is 6.81. The largest absolute Gasteiger partial charge is 3.00 e. The second-order valence-electron chi connectivity index (χ2n) is 3.66. The molecular weight excluding hydrogens is 300 g/mol. The molecule has 3 unspecified atom stereocenters. The maximum atomic E-state index is 9.90. The predicted molar refractivity (Wildman–Crippen MR) is 82.3 cm³/mol. The van der Waals surface area contributed by atoms with Crippen molar-refractivity contribution in [2.45, 2.75) is 79.1 Å². The Bertz CT molecular complexity index is 86.0. The molecule has 0 amide bonds. The Kier molecular flexibility index (Phi) is 83.1. The molecule has 0 spiro atoms. The van der Waals surface area contributed by atoms with Crippen LogP contribution in [0.25, 0.3) is 0 Å². The number of hydrogen-bond acceptors (Lipinski definition) is 3. The molecule has 0 radical (unpaired) electrons. The third kappa shape index (κ3) is 101. The quantitative estimate of drug-likeness (QED) is 0.619. The third-order valence-electron chi connectivity index (χ3n) is 1.72. The summed E-state index contributed by atoms with van der Waals surface area (Å²) < 4.78 is 0. The summed E-state index contributed by atoms with van der Waals surface area (Å²) in [4.78, 5) is 0. The predicted octanol–water partition coefficient (Wildman–Crippen LogP) is -1.09. The van der Waals surface area contributed by atoms with Crippen molar-refractivity contribution >= 4 is 69.4 Å². The molecule has 0 aliphatic heterocycles. The minimum Gasteiger partial charge on any atom is -0.852 e. The summed E-state index contributed by atoms with van der Waals surface area (Å²) in [6.07, 6.45) is 1.15. The Morgan fingerprint density at radius 2 is 0.579 bits per heavy atom. The fourth-order valence-electron chi connectivity index (χ4n) is 0. The van der Waals surface area contributed by atoms with Crippen LogP contribution in [0.5, 0.6) is 0 Å². The smallest absolute Gasteiger partial charge is 0.852 e. The molecule has 0 N–H and O–H groups in total. The van der Waals surface area contributed by atoms with Crippen LogP contribution < -0.4 is 15.3 Å². The van der Waals surface area contributed by atoms with Gasteiger partial charge in [0, 0.05) is 0 Å². The summed E-state index contributed by atoms with van der Waals surface area (Å²) in [5, 5.41) is 29.7. The Labute approximate surface area is 163 Å². The van der Waals surface area contributed by atoms with E-state index in [9.17, 15) is 15.3 Å². The van der Waals surface area contributed by atoms with Crippen LogP contribution in [0, 0.1) is 0 Å². The van der Waals surface area contributed by atoms with Gasteiger partial charge in [-0.15, -0.1) is 18.3 Å². The molecule has 0 bridgehead atoms. The van der Waals surface area contributed by atoms with Crippen LogP contribution in [-0.2, 0) is 0 Å². The van der Waals surface area contributed by atoms with Crippen LogP contribution in [0.1, 0.15) is 60.8 Å². The van der Waals surface area contributed by atoms with E-state index in [0.717, 1.165) is 19.3 Å². The summed E-state index contributed by atoms with van der Waals surface area (Å²) in [5.74, 6) is 0. The van der Waals surface area contributed by atoms with Gasteiger partial charge in [-0.05, 0) is 0 Å². The van der Waals surface area contributed by atoms with Gasteiger partial charge < -0.3 is 15.3 Å². The second kappa shape index (κ2) is 36.8. The summed E-state index contributed by atoms with van der Waals surface area (Å²) >= 11 is 0. The van der Waals surface area contributed by atoms with E-state index in [2.05, 4.69) is 0 Å². The van der Waals surface area contributed by atoms with E-state index in [0.29, 0.717) is 0 Å². The normalized spacial score (nSPS) is 11.8. The maximum Gasteiger partial charge on any atom is 3.00 e. The molecule has 3 atom stereocenters. The Balaban J connectivity index is -0.0000000206. The summed E-state index contributed by atoms with van der Waals surface area (Å²) in [6, 6.07) is 0. The molecule has 0 aliphatic carbocycles. The fourth-order valence-corrected chi connectivity index (χ4v) is 0. The van der Waals surface area contributed by atoms with Gasteiger partial charge in [0.05, 0.1) is 0 Å². The van der Waals surface area contributed by atoms with Crippen molar-refractivity contribution in [2.75, 3.05) is 0 Å². The molecule has 96 valence electrons. The van der Waals surface area contributed by atoms with Gasteiger partial charge in [-0.25, -0.2) is 0 Å². The standard InChI is InChI=1S/3C4H9O.4Al/c3*1-3-4(2)5;;;;/h3*4H,3H2,1-2H3;;;;/q3*-1;4*+3. The van der Waals surface area contributed by atoms with Crippen LogP contribution in [-0.4, -0.2) is 87.8 Å². The summed E-state index contributed by atoms with van der Waals surface area (Å²) in [5.41, 5.74) is 0. The van der Waals surface area contributed by atoms with Gasteiger partial charge in [0.2, 0.25) is 0 Å². The van der Waals surface area contributed by atoms with Crippen molar-refractivity contribution in [3.8, 4) is 0 Å². The van der Waals surface area contributed by atoms with E-state index in [-0.39, 0.29) is 87.8 Å². The first-order valence-electron chi connectivity index (χ1n) is 5.79. The zero-order valence-corrected chi connectivity index (χ0v) is 18.0. The molecule has 0 heterocycles. The Hall–Kier alpha value is 2.01. The first-order valence-corrected chi connectivity index (χ1v) is 5.79. The number of rotatable bonds is 3. The van der Waals surface area contributed by atoms with E-state index in [1.165, 1.54) is 0 Å². The van der Waals surface area contributed by atoms with Gasteiger partial charge in [-0.1, -0.05) is 60.8 Å². The Morgan fingerprint density at radius 3 is 0.579 bits per heavy atom. The van der Waals surface area contributed by atoms with Crippen LogP contribution in [0.2, 0.25) is 0 Å². The molecule has 0 rings (SSSR count). The molecule has 0 fully saturated rings. The van der Waals surface area contributed by atoms with E-state index in [1.807, 2.05) is 20.8 Å². The molecule has 0 aliphatic rings. The van der Waals surface area contributed by atoms with Crippen molar-refractivity contribution < 1.29 is 15.3 Å². The molecular formula is C12H27Al4O3+9. The molecule has 0 aromatic carbocycles. The topological polar surface area (TPSA) is 69.2 Å². The molecule has 0 aromatic rings. The van der Waals surface area contributed by atoms with Crippen molar-refractivity contribution in [2.24, 2.45) is 0 Å². The zero-order chi connectivity index (χ0) is 12.9. The van der Waals surface area contributed by atoms with Crippen LogP contribution in [0.4, 0.5) is 0 Å². The maximum absolute atomic E-state index is 9.90. The molecule has 0 saturated heterocycles. The van der Waals surface area contributed by atoms with Crippen molar-refractivity contribution in [3.63, 3.8) is 0 Å². The minimum atomic E-state index is -0.366. The van der Waals surface area contributed by atoms with Gasteiger partial charge in [-0.2, -0.15) is 0 Å². The van der Waals surface area contributed by atoms with Crippen LogP contribution >= 0.6 is 0 Å². The fraction of sp³-hybridized carbons (Fsp3) is 1.00. The minimum absolute atomic E-state index is 0. The average molecular weight is 327 g/mol. The van der Waals surface area contributed by atoms with Gasteiger partial charge in [0.25, 0.3) is 0 Å². The SMILES string of the molecule is CCC(C)[O-].CCC(C)[O-].CCC(C)[O-].[Al+3].[Al+3].[Al+3].[Al+3]. The molecule has 19 heavy (non-hydrogen) atoms. The molecule has 7 heteroatoms. The Morgan fingerprint density at radius 1 is 0.526 bits per heavy atom. The summed E-state index contributed by atoms with van der Waals surface area (Å²) in [6.45, 7) is 10.7. The monoisotopic (exact) mass is 327 g/mol. The van der Waals surface area contributed by atoms with Gasteiger partial charge in [-0.3, -0.25) is 0 Å². The number of hydrogen-bond donors (Lipinski definition) is 0. The molecule has 0 saturated carbocycles. The zero-order valence-electron chi connectivity index (χ0n) is 13.4. The average Bonchev–Trinajstić information content (AvgIpc) is 2.19. The van der Waals surface area contributed by atoms with Gasteiger partial charge in [0.1, 0.15) is 0 Å². The summed E-state index contributed by atoms with van der Waals surface area (Å²) in [7, 11) is 0. The van der Waals surface area contributed by atoms with E-state index in [1.54, 1.807) is 20.8 Å². The van der Waals surface area contributed by atoms with Crippen molar-refractivity contribution in [3.05, 3.63) is 0 Å². The van der Waals surface area contributed by atoms with Gasteiger partial charge in [0.15, 0.2) is 0 Å².